The quantitative estimate of drug-likeness (QED) is 0.134. The molecule has 2 atom stereocenters. The summed E-state index contributed by atoms with van der Waals surface area (Å²) < 4.78 is 19.3. The van der Waals surface area contributed by atoms with Crippen LogP contribution in [0.15, 0.2) is 115 Å². The molecule has 0 aliphatic carbocycles. The van der Waals surface area contributed by atoms with E-state index < -0.39 is 20.3 Å². The van der Waals surface area contributed by atoms with Gasteiger partial charge in [-0.15, -0.1) is 0 Å². The Bertz CT molecular complexity index is 2730. The molecule has 52 heavy (non-hydrogen) atoms. The van der Waals surface area contributed by atoms with Gasteiger partial charge >= 0.3 is 279 Å². The first-order chi connectivity index (χ1) is 25.1. The third kappa shape index (κ3) is 3.54. The van der Waals surface area contributed by atoms with Crippen molar-refractivity contribution in [3.63, 3.8) is 0 Å². The van der Waals surface area contributed by atoms with Gasteiger partial charge in [-0.1, -0.05) is 18.2 Å². The summed E-state index contributed by atoms with van der Waals surface area (Å²) in [6, 6.07) is 41.2. The van der Waals surface area contributed by atoms with E-state index in [2.05, 4.69) is 178 Å². The summed E-state index contributed by atoms with van der Waals surface area (Å²) >= 11 is -1.98. The van der Waals surface area contributed by atoms with Crippen LogP contribution in [0.5, 0.6) is 11.5 Å². The fourth-order valence-corrected chi connectivity index (χ4v) is 16.3. The van der Waals surface area contributed by atoms with Gasteiger partial charge in [-0.2, -0.15) is 0 Å². The first-order valence-electron chi connectivity index (χ1n) is 18.4. The summed E-state index contributed by atoms with van der Waals surface area (Å²) in [6.07, 6.45) is 2.42. The molecule has 0 radical (unpaired) electrons. The minimum atomic E-state index is -1.98. The molecule has 5 heteroatoms. The number of aromatic nitrogens is 3. The maximum absolute atomic E-state index is 6.99. The fraction of sp³-hybridized carbons (Fsp3) is 0.191. The Balaban J connectivity index is 1.24. The second-order valence-electron chi connectivity index (χ2n) is 16.0. The van der Waals surface area contributed by atoms with E-state index in [1.807, 2.05) is 0 Å². The summed E-state index contributed by atoms with van der Waals surface area (Å²) in [5, 5.41) is 0. The second-order valence-corrected chi connectivity index (χ2v) is 20.3. The van der Waals surface area contributed by atoms with Gasteiger partial charge in [0.05, 0.1) is 0 Å². The molecule has 0 N–H and O–H groups in total. The number of nitrogens with zero attached hydrogens (tertiary/aromatic N) is 3. The van der Waals surface area contributed by atoms with E-state index in [1.54, 1.807) is 0 Å². The van der Waals surface area contributed by atoms with Crippen molar-refractivity contribution >= 4 is 27.8 Å². The van der Waals surface area contributed by atoms with E-state index in [1.165, 1.54) is 91.5 Å². The number of fused-ring (bicyclic) bond motifs is 7. The van der Waals surface area contributed by atoms with Crippen molar-refractivity contribution in [3.8, 4) is 50.6 Å². The molecule has 4 aliphatic rings. The molecular formula is C47H40AsN3O+2. The van der Waals surface area contributed by atoms with Crippen molar-refractivity contribution in [1.82, 2.24) is 4.68 Å². The Morgan fingerprint density at radius 3 is 2.12 bits per heavy atom. The topological polar surface area (TPSA) is 21.9 Å². The Kier molecular flexibility index (Phi) is 5.87. The molecule has 252 valence electrons. The van der Waals surface area contributed by atoms with Gasteiger partial charge in [-0.3, -0.25) is 0 Å². The van der Waals surface area contributed by atoms with E-state index in [9.17, 15) is 0 Å². The van der Waals surface area contributed by atoms with E-state index in [-0.39, 0.29) is 5.41 Å². The summed E-state index contributed by atoms with van der Waals surface area (Å²) in [5.74, 6) is 1.92. The average molecular weight is 738 g/mol. The molecule has 0 saturated carbocycles. The molecule has 6 heterocycles. The van der Waals surface area contributed by atoms with Gasteiger partial charge in [0.2, 0.25) is 0 Å². The number of benzene rings is 5. The van der Waals surface area contributed by atoms with Crippen LogP contribution < -0.4 is 27.2 Å². The van der Waals surface area contributed by atoms with Crippen molar-refractivity contribution in [2.75, 3.05) is 0 Å². The maximum atomic E-state index is 6.99. The molecule has 0 fully saturated rings. The van der Waals surface area contributed by atoms with Gasteiger partial charge in [0.15, 0.2) is 0 Å². The van der Waals surface area contributed by atoms with Crippen LogP contribution in [-0.2, 0) is 11.1 Å². The molecule has 7 aromatic rings. The molecular weight excluding hydrogens is 697 g/mol. The van der Waals surface area contributed by atoms with Gasteiger partial charge in [0.1, 0.15) is 0 Å². The molecule has 5 aromatic carbocycles. The van der Waals surface area contributed by atoms with Crippen LogP contribution in [0.4, 0.5) is 0 Å². The third-order valence-electron chi connectivity index (χ3n) is 12.1. The van der Waals surface area contributed by atoms with Crippen LogP contribution in [0.3, 0.4) is 0 Å². The van der Waals surface area contributed by atoms with E-state index in [0.29, 0.717) is 0 Å². The zero-order chi connectivity index (χ0) is 35.4. The van der Waals surface area contributed by atoms with Crippen molar-refractivity contribution in [3.05, 3.63) is 155 Å². The van der Waals surface area contributed by atoms with Crippen LogP contribution in [0.25, 0.3) is 39.1 Å². The summed E-state index contributed by atoms with van der Waals surface area (Å²) in [5.41, 5.74) is 17.5. The number of aryl methyl sites for hydroxylation is 2. The molecule has 2 unspecified atom stereocenters. The fourth-order valence-electron chi connectivity index (χ4n) is 9.97. The molecule has 2 aromatic heterocycles. The van der Waals surface area contributed by atoms with Gasteiger partial charge in [0.25, 0.3) is 0 Å². The predicted octanol–water partition coefficient (Wildman–Crippen LogP) is 7.44. The zero-order valence-corrected chi connectivity index (χ0v) is 32.5. The van der Waals surface area contributed by atoms with Crippen molar-refractivity contribution in [1.29, 1.82) is 0 Å². The standard InChI is InChI=1S/C47H40AsN3O/c1-27-12-10-13-28(2)41(27)31-18-20-32(21-19-31)42-29(3)50-37-16-11-17-38-43(37)47(51(50)30(42)4)44-39(52-38)23-22-35-34-14-8-9-15-36(34)48(45(35)44)40-26-33(46(5,6)7)24-25-49(40)47/h8-26H,1-7H3/q+2. The number of rotatable bonds is 2. The van der Waals surface area contributed by atoms with Gasteiger partial charge < -0.3 is 0 Å². The molecule has 1 spiro atoms. The van der Waals surface area contributed by atoms with Crippen LogP contribution in [-0.4, -0.2) is 19.3 Å². The van der Waals surface area contributed by atoms with Gasteiger partial charge in [-0.25, -0.2) is 0 Å². The minimum absolute atomic E-state index is 0.0241. The van der Waals surface area contributed by atoms with Crippen molar-refractivity contribution < 1.29 is 14.0 Å². The molecule has 0 amide bonds. The SMILES string of the molecule is Cc1cccc(C)c1-c1ccc(-c2c(C)n3[n+](c2C)C24c5c(cccc5-3)Oc3ccc5c(c32)[As](c2ccccc2-5)c2cc(C(C)(C)C)cc[n+]24)cc1. The van der Waals surface area contributed by atoms with Crippen LogP contribution in [0, 0.1) is 27.7 Å². The molecule has 4 nitrogen and oxygen atoms in total. The molecule has 4 aliphatic heterocycles. The molecule has 11 rings (SSSR count). The predicted molar refractivity (Wildman–Crippen MR) is 209 cm³/mol. The molecule has 0 bridgehead atoms. The van der Waals surface area contributed by atoms with Gasteiger partial charge in [0, 0.05) is 0 Å². The summed E-state index contributed by atoms with van der Waals surface area (Å²) in [7, 11) is 0. The Hall–Kier alpha value is -5.18. The van der Waals surface area contributed by atoms with Crippen LogP contribution in [0.1, 0.15) is 60.0 Å². The van der Waals surface area contributed by atoms with Crippen LogP contribution in [0.2, 0.25) is 0 Å². The normalized spacial score (nSPS) is 17.9. The van der Waals surface area contributed by atoms with E-state index in [0.717, 1.165) is 11.5 Å². The average Bonchev–Trinajstić information content (AvgIpc) is 3.73. The summed E-state index contributed by atoms with van der Waals surface area (Å²) in [4.78, 5) is 0. The van der Waals surface area contributed by atoms with Gasteiger partial charge in [-0.05, 0) is 13.8 Å². The first kappa shape index (κ1) is 30.4. The second kappa shape index (κ2) is 10.0. The number of ether oxygens (including phenoxy) is 1. The number of pyridine rings is 1. The van der Waals surface area contributed by atoms with Crippen LogP contribution >= 0.6 is 0 Å². The first-order valence-corrected chi connectivity index (χ1v) is 21.2. The third-order valence-corrected chi connectivity index (χ3v) is 17.6. The Morgan fingerprint density at radius 2 is 1.37 bits per heavy atom. The van der Waals surface area contributed by atoms with Crippen molar-refractivity contribution in [2.45, 2.75) is 59.5 Å². The monoisotopic (exact) mass is 737 g/mol. The number of hydrogen-bond acceptors (Lipinski definition) is 1. The van der Waals surface area contributed by atoms with E-state index in [4.69, 9.17) is 4.74 Å². The Labute approximate surface area is 309 Å². The van der Waals surface area contributed by atoms with Crippen molar-refractivity contribution in [2.24, 2.45) is 0 Å². The Morgan fingerprint density at radius 1 is 0.673 bits per heavy atom. The zero-order valence-electron chi connectivity index (χ0n) is 30.7. The summed E-state index contributed by atoms with van der Waals surface area (Å²) in [6.45, 7) is 16.1. The number of hydrogen-bond donors (Lipinski definition) is 0. The molecule has 0 saturated heterocycles. The van der Waals surface area contributed by atoms with E-state index >= 15 is 0 Å².